The van der Waals surface area contributed by atoms with E-state index in [1.165, 1.54) is 6.21 Å². The Labute approximate surface area is 148 Å². The minimum atomic E-state index is -1.16. The third kappa shape index (κ3) is 2.77. The number of hydrogen-bond donors (Lipinski definition) is 1. The highest BCUT2D eigenvalue weighted by Gasteiger charge is 2.49. The molecule has 0 aromatic heterocycles. The molecule has 0 unspecified atom stereocenters. The number of rotatable bonds is 3. The highest BCUT2D eigenvalue weighted by Crippen LogP contribution is 2.29. The number of halogens is 2. The quantitative estimate of drug-likeness (QED) is 0.667. The molecule has 2 aromatic carbocycles. The van der Waals surface area contributed by atoms with Gasteiger partial charge in [0.1, 0.15) is 5.54 Å². The van der Waals surface area contributed by atoms with E-state index in [1.54, 1.807) is 49.4 Å². The minimum Gasteiger partial charge on any atom is -0.318 e. The first kappa shape index (κ1) is 16.5. The Kier molecular flexibility index (Phi) is 4.30. The summed E-state index contributed by atoms with van der Waals surface area (Å²) in [5.74, 6) is -0.465. The molecule has 1 saturated heterocycles. The van der Waals surface area contributed by atoms with Crippen LogP contribution < -0.4 is 5.32 Å². The Bertz CT molecular complexity index is 839. The van der Waals surface area contributed by atoms with Crippen molar-refractivity contribution in [2.75, 3.05) is 0 Å². The first-order valence-electron chi connectivity index (χ1n) is 7.14. The topological polar surface area (TPSA) is 61.8 Å². The maximum atomic E-state index is 12.7. The Balaban J connectivity index is 1.90. The number of benzene rings is 2. The molecule has 7 heteroatoms. The average molecular weight is 362 g/mol. The first-order valence-corrected chi connectivity index (χ1v) is 7.89. The van der Waals surface area contributed by atoms with Crippen LogP contribution in [-0.2, 0) is 10.3 Å². The van der Waals surface area contributed by atoms with Gasteiger partial charge in [-0.1, -0.05) is 65.7 Å². The van der Waals surface area contributed by atoms with Gasteiger partial charge < -0.3 is 5.32 Å². The lowest BCUT2D eigenvalue weighted by Crippen LogP contribution is -2.40. The Morgan fingerprint density at radius 3 is 2.50 bits per heavy atom. The maximum absolute atomic E-state index is 12.7. The summed E-state index contributed by atoms with van der Waals surface area (Å²) in [5.41, 5.74) is 0.0355. The Morgan fingerprint density at radius 2 is 1.79 bits per heavy atom. The van der Waals surface area contributed by atoms with Crippen molar-refractivity contribution >= 4 is 41.4 Å². The molecule has 1 heterocycles. The highest BCUT2D eigenvalue weighted by molar-refractivity contribution is 6.43. The SMILES string of the molecule is C[C@]1(c2ccccc2)NC(=O)N(/N=C\c2cccc(Cl)c2Cl)C1=O. The number of hydrazone groups is 1. The van der Waals surface area contributed by atoms with Gasteiger partial charge in [-0.15, -0.1) is 5.01 Å². The molecule has 3 amide bonds. The lowest BCUT2D eigenvalue weighted by molar-refractivity contribution is -0.131. The molecule has 5 nitrogen and oxygen atoms in total. The van der Waals surface area contributed by atoms with Gasteiger partial charge in [0, 0.05) is 5.56 Å². The van der Waals surface area contributed by atoms with Crippen LogP contribution in [-0.4, -0.2) is 23.2 Å². The summed E-state index contributed by atoms with van der Waals surface area (Å²) in [5, 5.41) is 8.13. The lowest BCUT2D eigenvalue weighted by atomic mass is 9.92. The highest BCUT2D eigenvalue weighted by atomic mass is 35.5. The summed E-state index contributed by atoms with van der Waals surface area (Å²) in [6, 6.07) is 13.4. The minimum absolute atomic E-state index is 0.306. The molecule has 24 heavy (non-hydrogen) atoms. The van der Waals surface area contributed by atoms with E-state index in [9.17, 15) is 9.59 Å². The molecule has 3 rings (SSSR count). The van der Waals surface area contributed by atoms with E-state index in [-0.39, 0.29) is 0 Å². The zero-order valence-corrected chi connectivity index (χ0v) is 14.2. The number of nitrogens with one attached hydrogen (secondary N) is 1. The molecule has 0 bridgehead atoms. The van der Waals surface area contributed by atoms with Crippen molar-refractivity contribution in [1.29, 1.82) is 0 Å². The summed E-state index contributed by atoms with van der Waals surface area (Å²) in [7, 11) is 0. The Hall–Kier alpha value is -2.37. The summed E-state index contributed by atoms with van der Waals surface area (Å²) in [6.07, 6.45) is 1.34. The fourth-order valence-electron chi connectivity index (χ4n) is 2.44. The van der Waals surface area contributed by atoms with Crippen LogP contribution in [0.1, 0.15) is 18.1 Å². The van der Waals surface area contributed by atoms with Crippen molar-refractivity contribution in [3.8, 4) is 0 Å². The van der Waals surface area contributed by atoms with Gasteiger partial charge in [0.05, 0.1) is 16.3 Å². The summed E-state index contributed by atoms with van der Waals surface area (Å²) < 4.78 is 0. The smallest absolute Gasteiger partial charge is 0.318 e. The fourth-order valence-corrected chi connectivity index (χ4v) is 2.79. The predicted octanol–water partition coefficient (Wildman–Crippen LogP) is 3.79. The van der Waals surface area contributed by atoms with Crippen molar-refractivity contribution in [2.24, 2.45) is 5.10 Å². The molecule has 0 aliphatic carbocycles. The molecule has 122 valence electrons. The normalized spacial score (nSPS) is 20.7. The van der Waals surface area contributed by atoms with Gasteiger partial charge in [0.25, 0.3) is 5.91 Å². The van der Waals surface area contributed by atoms with Crippen molar-refractivity contribution < 1.29 is 9.59 Å². The van der Waals surface area contributed by atoms with E-state index >= 15 is 0 Å². The van der Waals surface area contributed by atoms with Crippen molar-refractivity contribution in [2.45, 2.75) is 12.5 Å². The van der Waals surface area contributed by atoms with Crippen LogP contribution in [0.15, 0.2) is 53.6 Å². The second kappa shape index (κ2) is 6.26. The number of imide groups is 1. The van der Waals surface area contributed by atoms with E-state index < -0.39 is 17.5 Å². The number of hydrogen-bond acceptors (Lipinski definition) is 3. The van der Waals surface area contributed by atoms with Gasteiger partial charge in [0.2, 0.25) is 0 Å². The van der Waals surface area contributed by atoms with Crippen LogP contribution in [0.5, 0.6) is 0 Å². The number of carbonyl (C=O) groups excluding carboxylic acids is 2. The van der Waals surface area contributed by atoms with Gasteiger partial charge in [0.15, 0.2) is 0 Å². The van der Waals surface area contributed by atoms with Gasteiger partial charge in [-0.05, 0) is 18.6 Å². The van der Waals surface area contributed by atoms with Crippen molar-refractivity contribution in [1.82, 2.24) is 10.3 Å². The first-order chi connectivity index (χ1) is 11.4. The second-order valence-corrected chi connectivity index (χ2v) is 6.21. The largest absolute Gasteiger partial charge is 0.346 e. The Morgan fingerprint density at radius 1 is 1.08 bits per heavy atom. The fraction of sp³-hybridized carbons (Fsp3) is 0.118. The van der Waals surface area contributed by atoms with E-state index in [2.05, 4.69) is 10.4 Å². The van der Waals surface area contributed by atoms with Gasteiger partial charge in [-0.2, -0.15) is 5.10 Å². The zero-order valence-electron chi connectivity index (χ0n) is 12.7. The number of urea groups is 1. The van der Waals surface area contributed by atoms with Gasteiger partial charge in [-0.3, -0.25) is 4.79 Å². The van der Waals surface area contributed by atoms with E-state index in [1.807, 2.05) is 6.07 Å². The summed E-state index contributed by atoms with van der Waals surface area (Å²) in [4.78, 5) is 24.8. The van der Waals surface area contributed by atoms with E-state index in [4.69, 9.17) is 23.2 Å². The molecule has 1 aliphatic rings. The van der Waals surface area contributed by atoms with E-state index in [0.29, 0.717) is 21.2 Å². The van der Waals surface area contributed by atoms with Crippen molar-refractivity contribution in [3.05, 3.63) is 69.7 Å². The average Bonchev–Trinajstić information content (AvgIpc) is 2.80. The molecule has 0 saturated carbocycles. The monoisotopic (exact) mass is 361 g/mol. The molecule has 0 radical (unpaired) electrons. The van der Waals surface area contributed by atoms with Crippen LogP contribution in [0.25, 0.3) is 0 Å². The predicted molar refractivity (Wildman–Crippen MR) is 93.2 cm³/mol. The van der Waals surface area contributed by atoms with Gasteiger partial charge >= 0.3 is 6.03 Å². The molecule has 1 N–H and O–H groups in total. The van der Waals surface area contributed by atoms with Crippen LogP contribution in [0, 0.1) is 0 Å². The molecule has 1 aliphatic heterocycles. The molecular weight excluding hydrogens is 349 g/mol. The van der Waals surface area contributed by atoms with E-state index in [0.717, 1.165) is 5.01 Å². The van der Waals surface area contributed by atoms with Crippen LogP contribution in [0.3, 0.4) is 0 Å². The third-order valence-electron chi connectivity index (χ3n) is 3.81. The van der Waals surface area contributed by atoms with Crippen LogP contribution in [0.4, 0.5) is 4.79 Å². The molecule has 0 spiro atoms. The summed E-state index contributed by atoms with van der Waals surface area (Å²) >= 11 is 12.0. The van der Waals surface area contributed by atoms with Crippen LogP contribution in [0.2, 0.25) is 10.0 Å². The second-order valence-electron chi connectivity index (χ2n) is 5.43. The van der Waals surface area contributed by atoms with Crippen molar-refractivity contribution in [3.63, 3.8) is 0 Å². The molecule has 2 aromatic rings. The molecular formula is C17H13Cl2N3O2. The van der Waals surface area contributed by atoms with Gasteiger partial charge in [-0.25, -0.2) is 4.79 Å². The molecule has 1 fully saturated rings. The number of carbonyl (C=O) groups is 2. The standard InChI is InChI=1S/C17H13Cl2N3O2/c1-17(12-7-3-2-4-8-12)15(23)22(16(24)21-17)20-10-11-6-5-9-13(18)14(11)19/h2-10H,1H3,(H,21,24)/b20-10-/t17-/m1/s1. The summed E-state index contributed by atoms with van der Waals surface area (Å²) in [6.45, 7) is 1.64. The maximum Gasteiger partial charge on any atom is 0.346 e. The number of amides is 3. The van der Waals surface area contributed by atoms with Crippen LogP contribution >= 0.6 is 23.2 Å². The lowest BCUT2D eigenvalue weighted by Gasteiger charge is -2.20. The molecule has 1 atom stereocenters. The number of nitrogens with zero attached hydrogens (tertiary/aromatic N) is 2. The third-order valence-corrected chi connectivity index (χ3v) is 4.65. The zero-order chi connectivity index (χ0) is 17.3.